The standard InChI is InChI=1S/2C24H29ClN6O6S/c2*1-14(22(37-5)23-26-11-15(25)12-27-23)38(33,34)13-19-28-29-24(16-9-10-20(32)30(16)2)31(19)21-17(35-3)7-6-8-18(21)36-4/h2*6-8,11-12,14,16,22H,9-10,13H2,1-5H3/t14-,16?,22-;14-,16-,22-/m00/s1. The molecule has 2 fully saturated rings. The molecule has 1 unspecified atom stereocenters. The third-order valence-corrected chi connectivity index (χ3v) is 17.8. The van der Waals surface area contributed by atoms with Crippen LogP contribution in [0.5, 0.6) is 23.0 Å². The second-order valence-corrected chi connectivity index (χ2v) is 23.2. The molecular weight excluding hydrogens is 1070 g/mol. The van der Waals surface area contributed by atoms with Crippen LogP contribution in [0.1, 0.15) is 98.8 Å². The van der Waals surface area contributed by atoms with Crippen molar-refractivity contribution in [2.75, 3.05) is 56.8 Å². The average Bonchev–Trinajstić information content (AvgIpc) is 4.20. The molecule has 6 atom stereocenters. The highest BCUT2D eigenvalue weighted by Crippen LogP contribution is 2.41. The van der Waals surface area contributed by atoms with Crippen molar-refractivity contribution >= 4 is 54.7 Å². The van der Waals surface area contributed by atoms with Gasteiger partial charge in [0.15, 0.2) is 54.6 Å². The van der Waals surface area contributed by atoms with E-state index in [-0.39, 0.29) is 35.1 Å². The number of aromatic nitrogens is 10. The van der Waals surface area contributed by atoms with Crippen LogP contribution >= 0.6 is 23.2 Å². The van der Waals surface area contributed by atoms with Gasteiger partial charge < -0.3 is 38.2 Å². The number of para-hydroxylation sites is 2. The predicted octanol–water partition coefficient (Wildman–Crippen LogP) is 5.42. The highest BCUT2D eigenvalue weighted by molar-refractivity contribution is 7.91. The van der Waals surface area contributed by atoms with Crippen molar-refractivity contribution in [1.82, 2.24) is 59.3 Å². The molecule has 8 rings (SSSR count). The number of hydrogen-bond acceptors (Lipinski definition) is 20. The van der Waals surface area contributed by atoms with Crippen molar-refractivity contribution in [2.45, 2.75) is 85.8 Å². The number of carbonyl (C=O) groups is 2. The Morgan fingerprint density at radius 2 is 0.868 bits per heavy atom. The third-order valence-electron chi connectivity index (χ3n) is 13.3. The summed E-state index contributed by atoms with van der Waals surface area (Å²) < 4.78 is 91.4. The van der Waals surface area contributed by atoms with Crippen molar-refractivity contribution in [3.8, 4) is 34.4 Å². The normalized spacial score (nSPS) is 17.5. The van der Waals surface area contributed by atoms with Gasteiger partial charge in [0.05, 0.1) is 61.1 Å². The molecule has 2 aromatic carbocycles. The SMILES string of the molecule is COc1cccc(OC)c1-n1c(CS(=O)(=O)[C@@H](C)[C@H](OC)c2ncc(Cl)cn2)nnc1C1CCC(=O)N1C.COc1cccc(OC)c1-n1c(CS(=O)(=O)[C@@H](C)[C@H](OC)c2ncc(Cl)cn2)nnc1[C@@H]1CCC(=O)N1C. The van der Waals surface area contributed by atoms with E-state index in [0.29, 0.717) is 81.8 Å². The van der Waals surface area contributed by atoms with Gasteiger partial charge in [-0.15, -0.1) is 20.4 Å². The van der Waals surface area contributed by atoms with Crippen molar-refractivity contribution in [2.24, 2.45) is 0 Å². The van der Waals surface area contributed by atoms with Crippen LogP contribution in [0.25, 0.3) is 11.4 Å². The summed E-state index contributed by atoms with van der Waals surface area (Å²) in [6.07, 6.45) is 5.33. The summed E-state index contributed by atoms with van der Waals surface area (Å²) in [6.45, 7) is 3.05. The highest BCUT2D eigenvalue weighted by atomic mass is 35.5. The van der Waals surface area contributed by atoms with Crippen LogP contribution in [0.2, 0.25) is 10.0 Å². The van der Waals surface area contributed by atoms with Gasteiger partial charge in [0.25, 0.3) is 0 Å². The summed E-state index contributed by atoms with van der Waals surface area (Å²) >= 11 is 11.8. The quantitative estimate of drug-likeness (QED) is 0.0922. The number of likely N-dealkylation sites (tertiary alicyclic amines) is 2. The highest BCUT2D eigenvalue weighted by Gasteiger charge is 2.41. The Kier molecular flexibility index (Phi) is 18.2. The van der Waals surface area contributed by atoms with E-state index in [1.807, 2.05) is 0 Å². The maximum absolute atomic E-state index is 13.7. The monoisotopic (exact) mass is 1130 g/mol. The van der Waals surface area contributed by atoms with Gasteiger partial charge in [-0.25, -0.2) is 36.8 Å². The van der Waals surface area contributed by atoms with E-state index < -0.39 is 66.0 Å². The third kappa shape index (κ3) is 11.7. The van der Waals surface area contributed by atoms with Crippen molar-refractivity contribution in [3.63, 3.8) is 0 Å². The lowest BCUT2D eigenvalue weighted by molar-refractivity contribution is -0.128. The summed E-state index contributed by atoms with van der Waals surface area (Å²) in [5, 5.41) is 15.8. The Balaban J connectivity index is 0.000000221. The lowest BCUT2D eigenvalue weighted by Gasteiger charge is -2.24. The van der Waals surface area contributed by atoms with Gasteiger partial charge in [-0.1, -0.05) is 35.3 Å². The Morgan fingerprint density at radius 1 is 0.553 bits per heavy atom. The molecule has 0 bridgehead atoms. The number of methoxy groups -OCH3 is 6. The number of nitrogens with zero attached hydrogens (tertiary/aromatic N) is 12. The van der Waals surface area contributed by atoms with Crippen LogP contribution in [-0.2, 0) is 50.2 Å². The van der Waals surface area contributed by atoms with Gasteiger partial charge in [0, 0.05) is 65.9 Å². The molecule has 24 nitrogen and oxygen atoms in total. The Bertz CT molecular complexity index is 3000. The van der Waals surface area contributed by atoms with E-state index in [9.17, 15) is 26.4 Å². The summed E-state index contributed by atoms with van der Waals surface area (Å²) in [5.74, 6) is 2.11. The molecule has 2 saturated heterocycles. The van der Waals surface area contributed by atoms with Crippen LogP contribution in [0.3, 0.4) is 0 Å². The Hall–Kier alpha value is -6.58. The minimum absolute atomic E-state index is 0.0368. The van der Waals surface area contributed by atoms with Crippen LogP contribution in [0, 0.1) is 0 Å². The van der Waals surface area contributed by atoms with E-state index in [1.165, 1.54) is 81.3 Å². The van der Waals surface area contributed by atoms with Gasteiger partial charge in [0.2, 0.25) is 11.8 Å². The van der Waals surface area contributed by atoms with E-state index in [4.69, 9.17) is 51.6 Å². The molecule has 0 N–H and O–H groups in total. The molecule has 0 radical (unpaired) electrons. The number of benzene rings is 2. The topological polar surface area (TPSA) is 277 Å². The van der Waals surface area contributed by atoms with E-state index in [0.717, 1.165) is 0 Å². The first-order valence-corrected chi connectivity index (χ1v) is 27.7. The molecule has 408 valence electrons. The van der Waals surface area contributed by atoms with Crippen LogP contribution < -0.4 is 18.9 Å². The first-order valence-electron chi connectivity index (χ1n) is 23.5. The number of rotatable bonds is 20. The Labute approximate surface area is 449 Å². The molecule has 4 aromatic heterocycles. The lowest BCUT2D eigenvalue weighted by atomic mass is 10.2. The molecule has 6 heterocycles. The molecule has 2 aliphatic heterocycles. The first kappa shape index (κ1) is 57.1. The number of halogens is 2. The largest absolute Gasteiger partial charge is 0.494 e. The van der Waals surface area contributed by atoms with Crippen LogP contribution in [0.15, 0.2) is 61.2 Å². The molecule has 76 heavy (non-hydrogen) atoms. The van der Waals surface area contributed by atoms with E-state index in [1.54, 1.807) is 69.4 Å². The molecule has 2 aliphatic rings. The van der Waals surface area contributed by atoms with Gasteiger partial charge in [-0.05, 0) is 51.0 Å². The zero-order chi connectivity index (χ0) is 55.2. The molecule has 2 amide bonds. The average molecular weight is 1130 g/mol. The molecule has 28 heteroatoms. The number of carbonyl (C=O) groups excluding carboxylic acids is 2. The Morgan fingerprint density at radius 3 is 1.13 bits per heavy atom. The second kappa shape index (κ2) is 24.2. The lowest BCUT2D eigenvalue weighted by Crippen LogP contribution is -2.30. The predicted molar refractivity (Wildman–Crippen MR) is 276 cm³/mol. The smallest absolute Gasteiger partial charge is 0.223 e. The fourth-order valence-corrected chi connectivity index (χ4v) is 12.1. The van der Waals surface area contributed by atoms with Crippen LogP contribution in [0.4, 0.5) is 0 Å². The second-order valence-electron chi connectivity index (χ2n) is 17.6. The molecule has 0 spiro atoms. The number of hydrogen-bond donors (Lipinski definition) is 0. The van der Waals surface area contributed by atoms with Crippen molar-refractivity contribution in [1.29, 1.82) is 0 Å². The first-order chi connectivity index (χ1) is 36.2. The zero-order valence-electron chi connectivity index (χ0n) is 43.3. The zero-order valence-corrected chi connectivity index (χ0v) is 46.5. The minimum Gasteiger partial charge on any atom is -0.494 e. The van der Waals surface area contributed by atoms with E-state index >= 15 is 0 Å². The number of amides is 2. The molecule has 0 saturated carbocycles. The van der Waals surface area contributed by atoms with Crippen LogP contribution in [-0.4, -0.2) is 155 Å². The van der Waals surface area contributed by atoms with Crippen molar-refractivity contribution in [3.05, 3.63) is 106 Å². The minimum atomic E-state index is -3.91. The summed E-state index contributed by atoms with van der Waals surface area (Å²) in [6, 6.07) is 9.60. The van der Waals surface area contributed by atoms with Gasteiger partial charge in [-0.3, -0.25) is 18.7 Å². The molecule has 0 aliphatic carbocycles. The molecule has 6 aromatic rings. The van der Waals surface area contributed by atoms with Crippen molar-refractivity contribution < 1.29 is 54.8 Å². The molecular formula is C48H58Cl2N12O12S2. The van der Waals surface area contributed by atoms with Gasteiger partial charge >= 0.3 is 0 Å². The van der Waals surface area contributed by atoms with E-state index in [2.05, 4.69) is 40.3 Å². The van der Waals surface area contributed by atoms with Gasteiger partial charge in [0.1, 0.15) is 58.1 Å². The number of sulfone groups is 2. The fraction of sp³-hybridized carbons (Fsp3) is 0.458. The summed E-state index contributed by atoms with van der Waals surface area (Å²) in [4.78, 5) is 44.4. The summed E-state index contributed by atoms with van der Waals surface area (Å²) in [7, 11) is 4.34. The maximum atomic E-state index is 13.7. The number of ether oxygens (including phenoxy) is 6. The maximum Gasteiger partial charge on any atom is 0.223 e. The fourth-order valence-electron chi connectivity index (χ4n) is 9.04. The summed E-state index contributed by atoms with van der Waals surface area (Å²) in [5.41, 5.74) is 0.875. The van der Waals surface area contributed by atoms with Gasteiger partial charge in [-0.2, -0.15) is 0 Å².